The predicted molar refractivity (Wildman–Crippen MR) is 108 cm³/mol. The summed E-state index contributed by atoms with van der Waals surface area (Å²) in [6.45, 7) is 5.95. The van der Waals surface area contributed by atoms with E-state index in [2.05, 4.69) is 37.0 Å². The number of carbonyl (C=O) groups excluding carboxylic acids is 1. The highest BCUT2D eigenvalue weighted by atomic mass is 32.2. The van der Waals surface area contributed by atoms with Crippen LogP contribution in [0.5, 0.6) is 0 Å². The lowest BCUT2D eigenvalue weighted by molar-refractivity contribution is -0.130. The summed E-state index contributed by atoms with van der Waals surface area (Å²) in [7, 11) is -1.32. The third kappa shape index (κ3) is 4.55. The van der Waals surface area contributed by atoms with E-state index in [-0.39, 0.29) is 28.7 Å². The van der Waals surface area contributed by atoms with E-state index >= 15 is 0 Å². The molecule has 1 aromatic carbocycles. The third-order valence-corrected chi connectivity index (χ3v) is 7.64. The number of amides is 1. The van der Waals surface area contributed by atoms with Crippen LogP contribution in [0.25, 0.3) is 5.69 Å². The number of aryl methyl sites for hydroxylation is 2. The maximum Gasteiger partial charge on any atom is 0.235 e. The molecule has 0 spiro atoms. The molecule has 0 N–H and O–H groups in total. The van der Waals surface area contributed by atoms with Gasteiger partial charge in [-0.05, 0) is 50.5 Å². The number of carbonyl (C=O) groups is 1. The minimum atomic E-state index is -3.02. The van der Waals surface area contributed by atoms with Gasteiger partial charge in [-0.2, -0.15) is 0 Å². The molecule has 27 heavy (non-hydrogen) atoms. The van der Waals surface area contributed by atoms with E-state index in [9.17, 15) is 13.2 Å². The lowest BCUT2D eigenvalue weighted by Gasteiger charge is -2.26. The minimum Gasteiger partial charge on any atom is -0.341 e. The highest BCUT2D eigenvalue weighted by Gasteiger charge is 2.34. The third-order valence-electron chi connectivity index (χ3n) is 4.83. The number of aromatic nitrogens is 2. The second kappa shape index (κ2) is 7.67. The summed E-state index contributed by atoms with van der Waals surface area (Å²) >= 11 is 1.39. The van der Waals surface area contributed by atoms with Crippen LogP contribution in [0.3, 0.4) is 0 Å². The smallest absolute Gasteiger partial charge is 0.235 e. The van der Waals surface area contributed by atoms with Crippen molar-refractivity contribution in [3.63, 3.8) is 0 Å². The Balaban J connectivity index is 1.74. The SMILES string of the molecule is Cc1cc(C)cc(-n2ccnc2SC(C)C(=O)N(C)C2CCS(=O)(=O)C2)c1. The fraction of sp³-hybridized carbons (Fsp3) is 0.474. The molecule has 1 amide bonds. The van der Waals surface area contributed by atoms with Crippen molar-refractivity contribution in [3.05, 3.63) is 41.7 Å². The number of nitrogens with zero attached hydrogens (tertiary/aromatic N) is 3. The van der Waals surface area contributed by atoms with E-state index in [1.54, 1.807) is 18.1 Å². The number of imidazole rings is 1. The molecule has 3 rings (SSSR count). The molecule has 1 aliphatic rings. The fourth-order valence-corrected chi connectivity index (χ4v) is 6.18. The molecule has 0 radical (unpaired) electrons. The van der Waals surface area contributed by atoms with Crippen molar-refractivity contribution < 1.29 is 13.2 Å². The summed E-state index contributed by atoms with van der Waals surface area (Å²) in [5.74, 6) is 0.148. The minimum absolute atomic E-state index is 0.0593. The van der Waals surface area contributed by atoms with Crippen LogP contribution in [-0.2, 0) is 14.6 Å². The molecule has 2 atom stereocenters. The van der Waals surface area contributed by atoms with Crippen LogP contribution in [0.1, 0.15) is 24.5 Å². The highest BCUT2D eigenvalue weighted by Crippen LogP contribution is 2.27. The van der Waals surface area contributed by atoms with E-state index in [0.29, 0.717) is 6.42 Å². The molecule has 6 nitrogen and oxygen atoms in total. The van der Waals surface area contributed by atoms with Crippen molar-refractivity contribution in [2.75, 3.05) is 18.6 Å². The number of rotatable bonds is 5. The molecule has 0 saturated carbocycles. The van der Waals surface area contributed by atoms with Crippen molar-refractivity contribution in [2.45, 2.75) is 43.6 Å². The van der Waals surface area contributed by atoms with E-state index < -0.39 is 9.84 Å². The Morgan fingerprint density at radius 3 is 2.56 bits per heavy atom. The van der Waals surface area contributed by atoms with Crippen molar-refractivity contribution >= 4 is 27.5 Å². The van der Waals surface area contributed by atoms with Crippen molar-refractivity contribution in [1.82, 2.24) is 14.5 Å². The normalized spacial score (nSPS) is 19.8. The molecule has 146 valence electrons. The summed E-state index contributed by atoms with van der Waals surface area (Å²) in [4.78, 5) is 18.8. The fourth-order valence-electron chi connectivity index (χ4n) is 3.42. The first-order valence-corrected chi connectivity index (χ1v) is 11.6. The van der Waals surface area contributed by atoms with Gasteiger partial charge < -0.3 is 4.90 Å². The lowest BCUT2D eigenvalue weighted by atomic mass is 10.1. The van der Waals surface area contributed by atoms with E-state index in [0.717, 1.165) is 10.8 Å². The predicted octanol–water partition coefficient (Wildman–Crippen LogP) is 2.62. The van der Waals surface area contributed by atoms with Gasteiger partial charge in [-0.3, -0.25) is 9.36 Å². The molecular weight excluding hydrogens is 382 g/mol. The van der Waals surface area contributed by atoms with E-state index in [1.807, 2.05) is 17.7 Å². The number of hydrogen-bond donors (Lipinski definition) is 0. The van der Waals surface area contributed by atoms with Crippen LogP contribution in [0.4, 0.5) is 0 Å². The van der Waals surface area contributed by atoms with E-state index in [1.165, 1.54) is 22.9 Å². The molecule has 2 unspecified atom stereocenters. The van der Waals surface area contributed by atoms with Gasteiger partial charge in [0.2, 0.25) is 5.91 Å². The van der Waals surface area contributed by atoms with Crippen LogP contribution in [-0.4, -0.2) is 58.6 Å². The number of sulfone groups is 1. The molecular formula is C19H25N3O3S2. The largest absolute Gasteiger partial charge is 0.341 e. The zero-order valence-corrected chi connectivity index (χ0v) is 17.7. The lowest BCUT2D eigenvalue weighted by Crippen LogP contribution is -2.41. The molecule has 8 heteroatoms. The molecule has 1 fully saturated rings. The van der Waals surface area contributed by atoms with Gasteiger partial charge in [-0.15, -0.1) is 0 Å². The Morgan fingerprint density at radius 2 is 1.96 bits per heavy atom. The molecule has 2 heterocycles. The maximum atomic E-state index is 12.8. The van der Waals surface area contributed by atoms with Crippen molar-refractivity contribution in [1.29, 1.82) is 0 Å². The van der Waals surface area contributed by atoms with E-state index in [4.69, 9.17) is 0 Å². The highest BCUT2D eigenvalue weighted by molar-refractivity contribution is 8.00. The zero-order valence-electron chi connectivity index (χ0n) is 16.0. The zero-order chi connectivity index (χ0) is 19.8. The van der Waals surface area contributed by atoms with Crippen LogP contribution >= 0.6 is 11.8 Å². The van der Waals surface area contributed by atoms with Gasteiger partial charge in [0.05, 0.1) is 16.8 Å². The molecule has 1 saturated heterocycles. The standard InChI is InChI=1S/C19H25N3O3S2/c1-13-9-14(2)11-17(10-13)22-7-6-20-19(22)26-15(3)18(23)21(4)16-5-8-27(24,25)12-16/h6-7,9-11,15-16H,5,8,12H2,1-4H3. The Kier molecular flexibility index (Phi) is 5.67. The molecule has 0 bridgehead atoms. The molecule has 0 aliphatic carbocycles. The van der Waals surface area contributed by atoms with Gasteiger partial charge in [0, 0.05) is 31.2 Å². The number of benzene rings is 1. The Hall–Kier alpha value is -1.80. The first-order chi connectivity index (χ1) is 12.7. The van der Waals surface area contributed by atoms with Crippen LogP contribution in [0.2, 0.25) is 0 Å². The first-order valence-electron chi connectivity index (χ1n) is 8.92. The molecule has 2 aromatic rings. The van der Waals surface area contributed by atoms with Gasteiger partial charge in [0.1, 0.15) is 0 Å². The number of hydrogen-bond acceptors (Lipinski definition) is 5. The molecule has 1 aromatic heterocycles. The summed E-state index contributed by atoms with van der Waals surface area (Å²) < 4.78 is 25.4. The second-order valence-electron chi connectivity index (χ2n) is 7.19. The van der Waals surface area contributed by atoms with Crippen LogP contribution in [0.15, 0.2) is 35.7 Å². The average molecular weight is 408 g/mol. The van der Waals surface area contributed by atoms with Crippen LogP contribution in [0, 0.1) is 13.8 Å². The Labute approximate surface area is 164 Å². The number of thioether (sulfide) groups is 1. The topological polar surface area (TPSA) is 72.3 Å². The Morgan fingerprint density at radius 1 is 1.30 bits per heavy atom. The van der Waals surface area contributed by atoms with Gasteiger partial charge in [0.15, 0.2) is 15.0 Å². The van der Waals surface area contributed by atoms with Gasteiger partial charge in [0.25, 0.3) is 0 Å². The van der Waals surface area contributed by atoms with Gasteiger partial charge in [-0.1, -0.05) is 17.8 Å². The summed E-state index contributed by atoms with van der Waals surface area (Å²) in [6.07, 6.45) is 4.13. The van der Waals surface area contributed by atoms with Crippen molar-refractivity contribution in [3.8, 4) is 5.69 Å². The van der Waals surface area contributed by atoms with Crippen LogP contribution < -0.4 is 0 Å². The molecule has 1 aliphatic heterocycles. The quantitative estimate of drug-likeness (QED) is 0.713. The first kappa shape index (κ1) is 19.9. The van der Waals surface area contributed by atoms with Gasteiger partial charge in [-0.25, -0.2) is 13.4 Å². The Bertz CT molecular complexity index is 933. The van der Waals surface area contributed by atoms with Crippen molar-refractivity contribution in [2.24, 2.45) is 0 Å². The maximum absolute atomic E-state index is 12.8. The monoisotopic (exact) mass is 407 g/mol. The summed E-state index contributed by atoms with van der Waals surface area (Å²) in [5, 5.41) is 0.388. The second-order valence-corrected chi connectivity index (χ2v) is 10.7. The van der Waals surface area contributed by atoms with Gasteiger partial charge >= 0.3 is 0 Å². The average Bonchev–Trinajstić information content (AvgIpc) is 3.18. The summed E-state index contributed by atoms with van der Waals surface area (Å²) in [5.41, 5.74) is 3.35. The summed E-state index contributed by atoms with van der Waals surface area (Å²) in [6, 6.07) is 6.05.